The standard InChI is InChI=1S/C11H24O3/c1-6-13-10(4)7-12-8-11(5)14-9(2)3/h9-11H,6-8H2,1-5H3. The lowest BCUT2D eigenvalue weighted by Crippen LogP contribution is -2.23. The summed E-state index contributed by atoms with van der Waals surface area (Å²) in [5.41, 5.74) is 0. The van der Waals surface area contributed by atoms with Gasteiger partial charge in [0.2, 0.25) is 0 Å². The molecule has 0 bridgehead atoms. The molecule has 0 aromatic carbocycles. The van der Waals surface area contributed by atoms with Crippen LogP contribution in [0.4, 0.5) is 0 Å². The maximum Gasteiger partial charge on any atom is 0.0783 e. The number of rotatable bonds is 8. The molecule has 0 aromatic rings. The van der Waals surface area contributed by atoms with Gasteiger partial charge in [-0.25, -0.2) is 0 Å². The molecule has 0 aromatic heterocycles. The van der Waals surface area contributed by atoms with E-state index >= 15 is 0 Å². The third-order valence-electron chi connectivity index (χ3n) is 1.66. The Labute approximate surface area is 87.7 Å². The Balaban J connectivity index is 3.34. The monoisotopic (exact) mass is 204 g/mol. The van der Waals surface area contributed by atoms with Crippen LogP contribution in [0.15, 0.2) is 0 Å². The molecule has 2 unspecified atom stereocenters. The molecule has 0 amide bonds. The van der Waals surface area contributed by atoms with Crippen LogP contribution in [0.3, 0.4) is 0 Å². The molecule has 86 valence electrons. The van der Waals surface area contributed by atoms with E-state index < -0.39 is 0 Å². The van der Waals surface area contributed by atoms with Crippen LogP contribution >= 0.6 is 0 Å². The Bertz CT molecular complexity index is 126. The Morgan fingerprint density at radius 2 is 1.50 bits per heavy atom. The summed E-state index contributed by atoms with van der Waals surface area (Å²) < 4.78 is 16.3. The molecule has 0 fully saturated rings. The molecule has 0 radical (unpaired) electrons. The number of hydrogen-bond acceptors (Lipinski definition) is 3. The number of ether oxygens (including phenoxy) is 3. The highest BCUT2D eigenvalue weighted by Crippen LogP contribution is 1.99. The van der Waals surface area contributed by atoms with Crippen LogP contribution in [-0.4, -0.2) is 38.1 Å². The lowest BCUT2D eigenvalue weighted by Gasteiger charge is -2.17. The van der Waals surface area contributed by atoms with Crippen molar-refractivity contribution in [1.29, 1.82) is 0 Å². The zero-order valence-corrected chi connectivity index (χ0v) is 10.1. The van der Waals surface area contributed by atoms with E-state index in [0.29, 0.717) is 13.2 Å². The van der Waals surface area contributed by atoms with Crippen molar-refractivity contribution in [3.8, 4) is 0 Å². The van der Waals surface area contributed by atoms with Gasteiger partial charge >= 0.3 is 0 Å². The Hall–Kier alpha value is -0.120. The summed E-state index contributed by atoms with van der Waals surface area (Å²) in [4.78, 5) is 0. The first-order valence-electron chi connectivity index (χ1n) is 5.41. The molecule has 0 rings (SSSR count). The van der Waals surface area contributed by atoms with Crippen LogP contribution in [0.25, 0.3) is 0 Å². The van der Waals surface area contributed by atoms with Crippen molar-refractivity contribution in [3.63, 3.8) is 0 Å². The van der Waals surface area contributed by atoms with Gasteiger partial charge in [-0.1, -0.05) is 0 Å². The van der Waals surface area contributed by atoms with E-state index in [1.165, 1.54) is 0 Å². The maximum absolute atomic E-state index is 5.53. The van der Waals surface area contributed by atoms with E-state index in [2.05, 4.69) is 0 Å². The van der Waals surface area contributed by atoms with Crippen molar-refractivity contribution in [2.75, 3.05) is 19.8 Å². The third kappa shape index (κ3) is 8.48. The molecule has 0 aliphatic rings. The fraction of sp³-hybridized carbons (Fsp3) is 1.00. The van der Waals surface area contributed by atoms with E-state index in [-0.39, 0.29) is 18.3 Å². The summed E-state index contributed by atoms with van der Waals surface area (Å²) in [5.74, 6) is 0. The van der Waals surface area contributed by atoms with Gasteiger partial charge in [0.15, 0.2) is 0 Å². The quantitative estimate of drug-likeness (QED) is 0.607. The molecule has 0 spiro atoms. The average Bonchev–Trinajstić information content (AvgIpc) is 2.02. The van der Waals surface area contributed by atoms with Gasteiger partial charge in [0.25, 0.3) is 0 Å². The van der Waals surface area contributed by atoms with Gasteiger partial charge in [0.05, 0.1) is 31.5 Å². The Morgan fingerprint density at radius 1 is 0.929 bits per heavy atom. The first-order chi connectivity index (χ1) is 6.56. The van der Waals surface area contributed by atoms with E-state index in [4.69, 9.17) is 14.2 Å². The van der Waals surface area contributed by atoms with Gasteiger partial charge in [-0.3, -0.25) is 0 Å². The smallest absolute Gasteiger partial charge is 0.0783 e. The van der Waals surface area contributed by atoms with Gasteiger partial charge in [0.1, 0.15) is 0 Å². The molecule has 0 saturated carbocycles. The molecule has 0 aliphatic carbocycles. The Kier molecular flexibility index (Phi) is 8.14. The van der Waals surface area contributed by atoms with Crippen LogP contribution in [-0.2, 0) is 14.2 Å². The van der Waals surface area contributed by atoms with Gasteiger partial charge in [0, 0.05) is 6.61 Å². The highest BCUT2D eigenvalue weighted by atomic mass is 16.6. The maximum atomic E-state index is 5.53. The molecule has 0 saturated heterocycles. The molecule has 3 heteroatoms. The molecule has 2 atom stereocenters. The van der Waals surface area contributed by atoms with Crippen molar-refractivity contribution in [3.05, 3.63) is 0 Å². The van der Waals surface area contributed by atoms with Crippen LogP contribution in [0.1, 0.15) is 34.6 Å². The van der Waals surface area contributed by atoms with Gasteiger partial charge in [-0.15, -0.1) is 0 Å². The zero-order valence-electron chi connectivity index (χ0n) is 10.1. The highest BCUT2D eigenvalue weighted by molar-refractivity contribution is 4.52. The topological polar surface area (TPSA) is 27.7 Å². The molecule has 3 nitrogen and oxygen atoms in total. The number of hydrogen-bond donors (Lipinski definition) is 0. The second-order valence-corrected chi connectivity index (χ2v) is 3.80. The fourth-order valence-corrected chi connectivity index (χ4v) is 1.24. The summed E-state index contributed by atoms with van der Waals surface area (Å²) in [5, 5.41) is 0. The third-order valence-corrected chi connectivity index (χ3v) is 1.66. The molecule has 0 heterocycles. The SMILES string of the molecule is CCOC(C)COCC(C)OC(C)C. The normalized spacial score (nSPS) is 15.9. The van der Waals surface area contributed by atoms with Gasteiger partial charge < -0.3 is 14.2 Å². The summed E-state index contributed by atoms with van der Waals surface area (Å²) in [6.07, 6.45) is 0.591. The second kappa shape index (κ2) is 8.21. The van der Waals surface area contributed by atoms with Crippen molar-refractivity contribution in [2.45, 2.75) is 52.9 Å². The summed E-state index contributed by atoms with van der Waals surface area (Å²) in [7, 11) is 0. The van der Waals surface area contributed by atoms with Crippen molar-refractivity contribution >= 4 is 0 Å². The minimum Gasteiger partial charge on any atom is -0.376 e. The van der Waals surface area contributed by atoms with Crippen molar-refractivity contribution in [1.82, 2.24) is 0 Å². The first kappa shape index (κ1) is 13.9. The van der Waals surface area contributed by atoms with Crippen LogP contribution in [0.2, 0.25) is 0 Å². The van der Waals surface area contributed by atoms with Gasteiger partial charge in [-0.2, -0.15) is 0 Å². The molecule has 0 N–H and O–H groups in total. The summed E-state index contributed by atoms with van der Waals surface area (Å²) in [6.45, 7) is 12.1. The molecular weight excluding hydrogens is 180 g/mol. The highest BCUT2D eigenvalue weighted by Gasteiger charge is 2.06. The predicted octanol–water partition coefficient (Wildman–Crippen LogP) is 2.24. The fourth-order valence-electron chi connectivity index (χ4n) is 1.24. The summed E-state index contributed by atoms with van der Waals surface area (Å²) >= 11 is 0. The summed E-state index contributed by atoms with van der Waals surface area (Å²) in [6, 6.07) is 0. The van der Waals surface area contributed by atoms with Crippen molar-refractivity contribution < 1.29 is 14.2 Å². The van der Waals surface area contributed by atoms with E-state index in [1.807, 2.05) is 34.6 Å². The molecule has 14 heavy (non-hydrogen) atoms. The Morgan fingerprint density at radius 3 is 2.00 bits per heavy atom. The predicted molar refractivity (Wildman–Crippen MR) is 57.6 cm³/mol. The van der Waals surface area contributed by atoms with E-state index in [1.54, 1.807) is 0 Å². The lowest BCUT2D eigenvalue weighted by atomic mass is 10.4. The molecular formula is C11H24O3. The second-order valence-electron chi connectivity index (χ2n) is 3.80. The first-order valence-corrected chi connectivity index (χ1v) is 5.41. The van der Waals surface area contributed by atoms with Crippen LogP contribution in [0.5, 0.6) is 0 Å². The van der Waals surface area contributed by atoms with Gasteiger partial charge in [-0.05, 0) is 34.6 Å². The molecule has 0 aliphatic heterocycles. The largest absolute Gasteiger partial charge is 0.376 e. The minimum absolute atomic E-state index is 0.156. The van der Waals surface area contributed by atoms with E-state index in [0.717, 1.165) is 6.61 Å². The van der Waals surface area contributed by atoms with Crippen molar-refractivity contribution in [2.24, 2.45) is 0 Å². The minimum atomic E-state index is 0.156. The van der Waals surface area contributed by atoms with E-state index in [9.17, 15) is 0 Å². The average molecular weight is 204 g/mol. The van der Waals surface area contributed by atoms with Crippen LogP contribution in [0, 0.1) is 0 Å². The lowest BCUT2D eigenvalue weighted by molar-refractivity contribution is -0.0598. The van der Waals surface area contributed by atoms with Crippen LogP contribution < -0.4 is 0 Å². The zero-order chi connectivity index (χ0) is 11.0.